The van der Waals surface area contributed by atoms with Crippen molar-refractivity contribution in [3.8, 4) is 11.5 Å². The number of hydrogen-bond donors (Lipinski definition) is 1. The van der Waals surface area contributed by atoms with Crippen molar-refractivity contribution in [1.29, 1.82) is 0 Å². The van der Waals surface area contributed by atoms with Crippen molar-refractivity contribution in [2.45, 2.75) is 27.2 Å². The monoisotopic (exact) mass is 353 g/mol. The molecule has 0 fully saturated rings. The number of fused-ring (bicyclic) bond motifs is 1. The predicted molar refractivity (Wildman–Crippen MR) is 87.3 cm³/mol. The van der Waals surface area contributed by atoms with Crippen LogP contribution in [0.5, 0.6) is 11.5 Å². The Bertz CT molecular complexity index is 628. The number of aromatic amines is 1. The van der Waals surface area contributed by atoms with Gasteiger partial charge in [-0.25, -0.2) is 0 Å². The molecule has 1 aromatic heterocycles. The van der Waals surface area contributed by atoms with Crippen LogP contribution in [-0.4, -0.2) is 22.9 Å². The molecule has 114 valence electrons. The fourth-order valence-corrected chi connectivity index (χ4v) is 1.97. The van der Waals surface area contributed by atoms with Crippen LogP contribution in [0.1, 0.15) is 27.2 Å². The van der Waals surface area contributed by atoms with Gasteiger partial charge in [0.25, 0.3) is 0 Å². The molecule has 0 spiro atoms. The van der Waals surface area contributed by atoms with Gasteiger partial charge in [-0.2, -0.15) is 0 Å². The van der Waals surface area contributed by atoms with Gasteiger partial charge >= 0.3 is 5.97 Å². The highest BCUT2D eigenvalue weighted by Gasteiger charge is 2.24. The van der Waals surface area contributed by atoms with Crippen molar-refractivity contribution in [1.82, 2.24) is 4.98 Å². The van der Waals surface area contributed by atoms with Gasteiger partial charge in [0, 0.05) is 22.4 Å². The number of ether oxygens (including phenoxy) is 2. The zero-order valence-corrected chi connectivity index (χ0v) is 14.1. The highest BCUT2D eigenvalue weighted by Crippen LogP contribution is 2.30. The minimum Gasteiger partial charge on any atom is -0.494 e. The Labute approximate surface area is 132 Å². The zero-order valence-electron chi connectivity index (χ0n) is 12.5. The van der Waals surface area contributed by atoms with Gasteiger partial charge in [-0.05, 0) is 45.4 Å². The number of esters is 1. The number of aromatic nitrogens is 1. The summed E-state index contributed by atoms with van der Waals surface area (Å²) in [5.41, 5.74) is 0.382. The lowest BCUT2D eigenvalue weighted by molar-refractivity contribution is -0.142. The van der Waals surface area contributed by atoms with Gasteiger partial charge in [-0.3, -0.25) is 4.79 Å². The highest BCUT2D eigenvalue weighted by molar-refractivity contribution is 9.09. The van der Waals surface area contributed by atoms with Crippen LogP contribution < -0.4 is 9.47 Å². The van der Waals surface area contributed by atoms with Crippen molar-refractivity contribution < 1.29 is 14.3 Å². The molecule has 0 atom stereocenters. The molecule has 0 saturated heterocycles. The lowest BCUT2D eigenvalue weighted by atomic mass is 9.97. The smallest absolute Gasteiger partial charge is 0.316 e. The first-order chi connectivity index (χ1) is 9.91. The third-order valence-electron chi connectivity index (χ3n) is 2.98. The van der Waals surface area contributed by atoms with Crippen molar-refractivity contribution >= 4 is 32.8 Å². The third-order valence-corrected chi connectivity index (χ3v) is 3.54. The summed E-state index contributed by atoms with van der Waals surface area (Å²) in [7, 11) is 0. The number of benzene rings is 1. The number of carbonyl (C=O) groups is 1. The van der Waals surface area contributed by atoms with Crippen LogP contribution in [0.15, 0.2) is 24.4 Å². The topological polar surface area (TPSA) is 51.3 Å². The Morgan fingerprint density at radius 3 is 2.76 bits per heavy atom. The predicted octanol–water partition coefficient (Wildman–Crippen LogP) is 4.28. The Balaban J connectivity index is 2.20. The minimum atomic E-state index is -0.534. The summed E-state index contributed by atoms with van der Waals surface area (Å²) < 4.78 is 11.1. The number of hydrogen-bond acceptors (Lipinski definition) is 3. The molecule has 21 heavy (non-hydrogen) atoms. The number of nitrogens with one attached hydrogen (secondary N) is 1. The Morgan fingerprint density at radius 2 is 2.10 bits per heavy atom. The average molecular weight is 354 g/mol. The van der Waals surface area contributed by atoms with Crippen molar-refractivity contribution in [3.63, 3.8) is 0 Å². The lowest BCUT2D eigenvalue weighted by Gasteiger charge is -2.15. The maximum Gasteiger partial charge on any atom is 0.316 e. The van der Waals surface area contributed by atoms with Crippen LogP contribution in [-0.2, 0) is 4.79 Å². The fourth-order valence-electron chi connectivity index (χ4n) is 1.75. The second kappa shape index (κ2) is 6.52. The molecule has 0 radical (unpaired) electrons. The second-order valence-electron chi connectivity index (χ2n) is 5.89. The SMILES string of the molecule is CC(C)(C)C(=O)Oc1c[nH]c2ccc(OCCCBr)cc12. The molecule has 0 unspecified atom stereocenters. The maximum atomic E-state index is 12.0. The summed E-state index contributed by atoms with van der Waals surface area (Å²) in [6.07, 6.45) is 2.65. The van der Waals surface area contributed by atoms with Crippen LogP contribution in [0, 0.1) is 5.41 Å². The maximum absolute atomic E-state index is 12.0. The number of halogens is 1. The summed E-state index contributed by atoms with van der Waals surface area (Å²) >= 11 is 3.37. The van der Waals surface area contributed by atoms with E-state index in [9.17, 15) is 4.79 Å². The third kappa shape index (κ3) is 4.00. The average Bonchev–Trinajstić information content (AvgIpc) is 2.81. The number of rotatable bonds is 5. The number of carbonyl (C=O) groups excluding carboxylic acids is 1. The lowest BCUT2D eigenvalue weighted by Crippen LogP contribution is -2.25. The zero-order chi connectivity index (χ0) is 15.5. The van der Waals surface area contributed by atoms with E-state index in [2.05, 4.69) is 20.9 Å². The molecule has 0 aliphatic rings. The van der Waals surface area contributed by atoms with E-state index in [-0.39, 0.29) is 5.97 Å². The molecule has 0 aliphatic heterocycles. The largest absolute Gasteiger partial charge is 0.494 e. The van der Waals surface area contributed by atoms with E-state index in [1.807, 2.05) is 39.0 Å². The van der Waals surface area contributed by atoms with Gasteiger partial charge in [-0.1, -0.05) is 15.9 Å². The molecule has 4 nitrogen and oxygen atoms in total. The molecule has 1 N–H and O–H groups in total. The normalized spacial score (nSPS) is 11.6. The van der Waals surface area contributed by atoms with E-state index in [1.165, 1.54) is 0 Å². The first-order valence-electron chi connectivity index (χ1n) is 6.94. The van der Waals surface area contributed by atoms with Crippen LogP contribution in [0.25, 0.3) is 10.9 Å². The van der Waals surface area contributed by atoms with Crippen LogP contribution in [0.3, 0.4) is 0 Å². The standard InChI is InChI=1S/C16H20BrNO3/c1-16(2,3)15(19)21-14-10-18-13-6-5-11(9-12(13)14)20-8-4-7-17/h5-6,9-10,18H,4,7-8H2,1-3H3. The highest BCUT2D eigenvalue weighted by atomic mass is 79.9. The van der Waals surface area contributed by atoms with E-state index in [0.717, 1.165) is 28.4 Å². The molecule has 5 heteroatoms. The first kappa shape index (κ1) is 15.9. The number of alkyl halides is 1. The molecular weight excluding hydrogens is 334 g/mol. The van der Waals surface area contributed by atoms with Crippen LogP contribution >= 0.6 is 15.9 Å². The molecule has 1 aromatic carbocycles. The molecule has 0 amide bonds. The quantitative estimate of drug-likeness (QED) is 0.495. The molecule has 0 bridgehead atoms. The van der Waals surface area contributed by atoms with Gasteiger partial charge in [0.05, 0.1) is 12.0 Å². The molecule has 0 saturated carbocycles. The Morgan fingerprint density at radius 1 is 1.33 bits per heavy atom. The van der Waals surface area contributed by atoms with E-state index in [4.69, 9.17) is 9.47 Å². The van der Waals surface area contributed by atoms with E-state index >= 15 is 0 Å². The first-order valence-corrected chi connectivity index (χ1v) is 8.06. The second-order valence-corrected chi connectivity index (χ2v) is 6.68. The fraction of sp³-hybridized carbons (Fsp3) is 0.438. The van der Waals surface area contributed by atoms with E-state index in [1.54, 1.807) is 6.20 Å². The van der Waals surface area contributed by atoms with Crippen molar-refractivity contribution in [3.05, 3.63) is 24.4 Å². The van der Waals surface area contributed by atoms with Crippen LogP contribution in [0.2, 0.25) is 0 Å². The van der Waals surface area contributed by atoms with Gasteiger partial charge in [0.15, 0.2) is 5.75 Å². The molecule has 1 heterocycles. The van der Waals surface area contributed by atoms with Crippen molar-refractivity contribution in [2.24, 2.45) is 5.41 Å². The summed E-state index contributed by atoms with van der Waals surface area (Å²) in [6.45, 7) is 6.15. The van der Waals surface area contributed by atoms with Gasteiger partial charge in [0.2, 0.25) is 0 Å². The van der Waals surface area contributed by atoms with Crippen molar-refractivity contribution in [2.75, 3.05) is 11.9 Å². The molecular formula is C16H20BrNO3. The summed E-state index contributed by atoms with van der Waals surface area (Å²) in [4.78, 5) is 15.1. The van der Waals surface area contributed by atoms with E-state index in [0.29, 0.717) is 12.4 Å². The molecule has 2 rings (SSSR count). The van der Waals surface area contributed by atoms with Gasteiger partial charge < -0.3 is 14.5 Å². The molecule has 2 aromatic rings. The minimum absolute atomic E-state index is 0.256. The van der Waals surface area contributed by atoms with Gasteiger partial charge in [0.1, 0.15) is 5.75 Å². The summed E-state index contributed by atoms with van der Waals surface area (Å²) in [5, 5.41) is 1.76. The summed E-state index contributed by atoms with van der Waals surface area (Å²) in [5.74, 6) is 1.06. The Kier molecular flexibility index (Phi) is 4.93. The Hall–Kier alpha value is -1.49. The van der Waals surface area contributed by atoms with E-state index < -0.39 is 5.41 Å². The van der Waals surface area contributed by atoms with Gasteiger partial charge in [-0.15, -0.1) is 0 Å². The van der Waals surface area contributed by atoms with Crippen LogP contribution in [0.4, 0.5) is 0 Å². The number of H-pyrrole nitrogens is 1. The summed E-state index contributed by atoms with van der Waals surface area (Å²) in [6, 6.07) is 5.72. The molecule has 0 aliphatic carbocycles.